The predicted octanol–water partition coefficient (Wildman–Crippen LogP) is 3.32. The molecule has 0 atom stereocenters. The van der Waals surface area contributed by atoms with Gasteiger partial charge in [0.2, 0.25) is 5.13 Å². The fourth-order valence-corrected chi connectivity index (χ4v) is 1.84. The second kappa shape index (κ2) is 3.75. The minimum absolute atomic E-state index is 0.0117. The van der Waals surface area contributed by atoms with Gasteiger partial charge in [0.1, 0.15) is 11.5 Å². The van der Waals surface area contributed by atoms with Crippen LogP contribution in [0, 0.1) is 10.9 Å². The van der Waals surface area contributed by atoms with Crippen molar-refractivity contribution in [1.82, 2.24) is 4.98 Å². The van der Waals surface area contributed by atoms with Crippen LogP contribution in [-0.4, -0.2) is 4.98 Å². The van der Waals surface area contributed by atoms with Crippen LogP contribution in [0.3, 0.4) is 0 Å². The van der Waals surface area contributed by atoms with Crippen LogP contribution in [0.4, 0.5) is 13.9 Å². The lowest BCUT2D eigenvalue weighted by Gasteiger charge is -1.98. The first-order valence-corrected chi connectivity index (χ1v) is 5.14. The van der Waals surface area contributed by atoms with E-state index in [4.69, 9.17) is 17.3 Å². The molecule has 1 aromatic heterocycles. The number of rotatable bonds is 1. The van der Waals surface area contributed by atoms with E-state index < -0.39 is 10.9 Å². The maximum absolute atomic E-state index is 13.2. The zero-order chi connectivity index (χ0) is 11.0. The van der Waals surface area contributed by atoms with Gasteiger partial charge in [-0.3, -0.25) is 0 Å². The summed E-state index contributed by atoms with van der Waals surface area (Å²) in [4.78, 5) is 3.76. The zero-order valence-corrected chi connectivity index (χ0v) is 8.87. The van der Waals surface area contributed by atoms with Crippen molar-refractivity contribution in [2.75, 3.05) is 5.73 Å². The molecule has 78 valence electrons. The maximum atomic E-state index is 13.2. The summed E-state index contributed by atoms with van der Waals surface area (Å²) in [7, 11) is 0. The number of hydrogen-bond donors (Lipinski definition) is 1. The highest BCUT2D eigenvalue weighted by Crippen LogP contribution is 2.29. The maximum Gasteiger partial charge on any atom is 0.206 e. The molecule has 15 heavy (non-hydrogen) atoms. The third kappa shape index (κ3) is 1.93. The summed E-state index contributed by atoms with van der Waals surface area (Å²) in [5.41, 5.74) is 5.70. The number of benzene rings is 1. The molecule has 1 aromatic carbocycles. The molecule has 0 fully saturated rings. The molecular weight excluding hydrogens is 242 g/mol. The second-order valence-electron chi connectivity index (χ2n) is 2.80. The summed E-state index contributed by atoms with van der Waals surface area (Å²) in [5.74, 6) is -0.611. The predicted molar refractivity (Wildman–Crippen MR) is 56.9 cm³/mol. The van der Waals surface area contributed by atoms with E-state index in [2.05, 4.69) is 4.98 Å². The first-order valence-electron chi connectivity index (χ1n) is 3.95. The van der Waals surface area contributed by atoms with Gasteiger partial charge in [0, 0.05) is 5.56 Å². The van der Waals surface area contributed by atoms with Crippen LogP contribution in [0.5, 0.6) is 0 Å². The van der Waals surface area contributed by atoms with Gasteiger partial charge in [0.15, 0.2) is 5.13 Å². The molecule has 2 rings (SSSR count). The molecule has 0 aliphatic heterocycles. The molecule has 0 aliphatic carbocycles. The van der Waals surface area contributed by atoms with Crippen LogP contribution >= 0.6 is 22.9 Å². The Hall–Kier alpha value is -1.20. The molecule has 0 spiro atoms. The van der Waals surface area contributed by atoms with Crippen LogP contribution < -0.4 is 5.73 Å². The Morgan fingerprint density at radius 3 is 2.60 bits per heavy atom. The largest absolute Gasteiger partial charge is 0.375 e. The standard InChI is InChI=1S/C9H5ClF2N2S/c10-5-2-1-4(3-6(5)11)7-8(12)15-9(13)14-7/h1-3H,(H2,13,14). The molecule has 0 aliphatic rings. The molecule has 0 radical (unpaired) electrons. The van der Waals surface area contributed by atoms with Gasteiger partial charge in [0.25, 0.3) is 0 Å². The van der Waals surface area contributed by atoms with Gasteiger partial charge in [-0.1, -0.05) is 29.0 Å². The van der Waals surface area contributed by atoms with Gasteiger partial charge in [-0.25, -0.2) is 9.37 Å². The summed E-state index contributed by atoms with van der Waals surface area (Å²) >= 11 is 6.22. The lowest BCUT2D eigenvalue weighted by molar-refractivity contribution is 0.628. The lowest BCUT2D eigenvalue weighted by Crippen LogP contribution is -1.86. The Morgan fingerprint density at radius 1 is 1.33 bits per heavy atom. The van der Waals surface area contributed by atoms with Crippen molar-refractivity contribution in [3.8, 4) is 11.3 Å². The molecule has 2 nitrogen and oxygen atoms in total. The fraction of sp³-hybridized carbons (Fsp3) is 0. The lowest BCUT2D eigenvalue weighted by atomic mass is 10.2. The first kappa shape index (κ1) is 10.3. The summed E-state index contributed by atoms with van der Waals surface area (Å²) in [6.45, 7) is 0. The summed E-state index contributed by atoms with van der Waals surface area (Å²) in [6.07, 6.45) is 0. The fourth-order valence-electron chi connectivity index (χ4n) is 1.14. The number of anilines is 1. The highest BCUT2D eigenvalue weighted by Gasteiger charge is 2.12. The van der Waals surface area contributed by atoms with Crippen molar-refractivity contribution < 1.29 is 8.78 Å². The minimum atomic E-state index is -0.611. The zero-order valence-electron chi connectivity index (χ0n) is 7.30. The smallest absolute Gasteiger partial charge is 0.206 e. The van der Waals surface area contributed by atoms with Crippen LogP contribution in [-0.2, 0) is 0 Å². The molecule has 2 N–H and O–H groups in total. The SMILES string of the molecule is Nc1nc(-c2ccc(Cl)c(F)c2)c(F)s1. The Balaban J connectivity index is 2.54. The van der Waals surface area contributed by atoms with Gasteiger partial charge >= 0.3 is 0 Å². The molecule has 1 heterocycles. The van der Waals surface area contributed by atoms with E-state index in [-0.39, 0.29) is 15.8 Å². The van der Waals surface area contributed by atoms with E-state index in [1.165, 1.54) is 12.1 Å². The number of hydrogen-bond acceptors (Lipinski definition) is 3. The van der Waals surface area contributed by atoms with Crippen LogP contribution in [0.1, 0.15) is 0 Å². The van der Waals surface area contributed by atoms with Crippen LogP contribution in [0.25, 0.3) is 11.3 Å². The summed E-state index contributed by atoms with van der Waals surface area (Å²) < 4.78 is 26.3. The normalized spacial score (nSPS) is 10.6. The third-order valence-electron chi connectivity index (χ3n) is 1.80. The van der Waals surface area contributed by atoms with E-state index in [1.54, 1.807) is 0 Å². The van der Waals surface area contributed by atoms with Crippen molar-refractivity contribution in [3.05, 3.63) is 34.2 Å². The quantitative estimate of drug-likeness (QED) is 0.838. The number of nitrogen functional groups attached to an aromatic ring is 1. The number of halogens is 3. The molecular formula is C9H5ClF2N2S. The molecule has 6 heteroatoms. The molecule has 0 saturated heterocycles. The molecule has 0 bridgehead atoms. The highest BCUT2D eigenvalue weighted by atomic mass is 35.5. The van der Waals surface area contributed by atoms with E-state index in [0.29, 0.717) is 5.56 Å². The number of nitrogens with zero attached hydrogens (tertiary/aromatic N) is 1. The Kier molecular flexibility index (Phi) is 2.58. The number of nitrogens with two attached hydrogens (primary N) is 1. The Bertz CT molecular complexity index is 513. The van der Waals surface area contributed by atoms with E-state index in [9.17, 15) is 8.78 Å². The van der Waals surface area contributed by atoms with E-state index >= 15 is 0 Å². The second-order valence-corrected chi connectivity index (χ2v) is 4.19. The Morgan fingerprint density at radius 2 is 2.07 bits per heavy atom. The van der Waals surface area contributed by atoms with Gasteiger partial charge < -0.3 is 5.73 Å². The van der Waals surface area contributed by atoms with Gasteiger partial charge in [0.05, 0.1) is 5.02 Å². The first-order chi connectivity index (χ1) is 7.08. The highest BCUT2D eigenvalue weighted by molar-refractivity contribution is 7.14. The van der Waals surface area contributed by atoms with Crippen molar-refractivity contribution in [2.45, 2.75) is 0 Å². The van der Waals surface area contributed by atoms with Gasteiger partial charge in [-0.15, -0.1) is 0 Å². The molecule has 0 amide bonds. The van der Waals surface area contributed by atoms with Gasteiger partial charge in [-0.05, 0) is 12.1 Å². The van der Waals surface area contributed by atoms with Crippen molar-refractivity contribution in [1.29, 1.82) is 0 Å². The average molecular weight is 247 g/mol. The van der Waals surface area contributed by atoms with Crippen molar-refractivity contribution in [3.63, 3.8) is 0 Å². The number of thiazole rings is 1. The van der Waals surface area contributed by atoms with Crippen LogP contribution in [0.2, 0.25) is 5.02 Å². The minimum Gasteiger partial charge on any atom is -0.375 e. The number of aromatic nitrogens is 1. The summed E-state index contributed by atoms with van der Waals surface area (Å²) in [5, 5.41) is -0.436. The monoisotopic (exact) mass is 246 g/mol. The van der Waals surface area contributed by atoms with Gasteiger partial charge in [-0.2, -0.15) is 4.39 Å². The summed E-state index contributed by atoms with van der Waals surface area (Å²) in [6, 6.07) is 3.96. The molecule has 2 aromatic rings. The third-order valence-corrected chi connectivity index (χ3v) is 2.77. The topological polar surface area (TPSA) is 38.9 Å². The van der Waals surface area contributed by atoms with Crippen molar-refractivity contribution >= 4 is 28.1 Å². The molecule has 0 saturated carbocycles. The van der Waals surface area contributed by atoms with E-state index in [0.717, 1.165) is 17.4 Å². The van der Waals surface area contributed by atoms with Crippen LogP contribution in [0.15, 0.2) is 18.2 Å². The average Bonchev–Trinajstić information content (AvgIpc) is 2.50. The Labute approximate surface area is 93.3 Å². The van der Waals surface area contributed by atoms with Crippen molar-refractivity contribution in [2.24, 2.45) is 0 Å². The molecule has 0 unspecified atom stereocenters. The van der Waals surface area contributed by atoms with E-state index in [1.807, 2.05) is 0 Å².